The van der Waals surface area contributed by atoms with Gasteiger partial charge < -0.3 is 10.3 Å². The number of aromatic amines is 1. The van der Waals surface area contributed by atoms with E-state index >= 15 is 0 Å². The lowest BCUT2D eigenvalue weighted by atomic mass is 9.82. The van der Waals surface area contributed by atoms with Gasteiger partial charge in [0.25, 0.3) is 5.91 Å². The second kappa shape index (κ2) is 7.14. The van der Waals surface area contributed by atoms with Crippen LogP contribution < -0.4 is 5.32 Å². The molecule has 1 fully saturated rings. The first-order chi connectivity index (χ1) is 12.3. The first-order valence-electron chi connectivity index (χ1n) is 9.20. The molecular formula is C22H24N2O. The molecule has 2 N–H and O–H groups in total. The van der Waals surface area contributed by atoms with Crippen molar-refractivity contribution < 1.29 is 4.79 Å². The minimum absolute atomic E-state index is 0.0164. The number of H-pyrrole nitrogens is 1. The number of aromatic nitrogens is 1. The lowest BCUT2D eigenvalue weighted by molar-refractivity contribution is 0.0917. The van der Waals surface area contributed by atoms with E-state index in [1.165, 1.54) is 18.4 Å². The number of hydrogen-bond acceptors (Lipinski definition) is 1. The van der Waals surface area contributed by atoms with Gasteiger partial charge in [0.1, 0.15) is 5.69 Å². The molecule has 1 aromatic heterocycles. The molecule has 1 aliphatic rings. The third-order valence-electron chi connectivity index (χ3n) is 5.32. The molecule has 0 aliphatic heterocycles. The van der Waals surface area contributed by atoms with Gasteiger partial charge in [-0.05, 0) is 55.7 Å². The van der Waals surface area contributed by atoms with Crippen molar-refractivity contribution in [2.75, 3.05) is 0 Å². The van der Waals surface area contributed by atoms with E-state index < -0.39 is 0 Å². The molecule has 0 spiro atoms. The van der Waals surface area contributed by atoms with Gasteiger partial charge in [0.15, 0.2) is 0 Å². The zero-order chi connectivity index (χ0) is 17.1. The number of carbonyl (C=O) groups is 1. The Morgan fingerprint density at radius 2 is 1.68 bits per heavy atom. The van der Waals surface area contributed by atoms with Crippen LogP contribution in [0.1, 0.15) is 41.7 Å². The van der Waals surface area contributed by atoms with Crippen LogP contribution >= 0.6 is 0 Å². The van der Waals surface area contributed by atoms with E-state index in [0.717, 1.165) is 36.1 Å². The van der Waals surface area contributed by atoms with Crippen molar-refractivity contribution in [3.05, 3.63) is 71.9 Å². The minimum atomic E-state index is 0.0164. The molecule has 0 saturated heterocycles. The number of fused-ring (bicyclic) bond motifs is 1. The zero-order valence-corrected chi connectivity index (χ0v) is 14.4. The van der Waals surface area contributed by atoms with E-state index in [9.17, 15) is 4.79 Å². The quantitative estimate of drug-likeness (QED) is 0.715. The maximum atomic E-state index is 12.5. The molecule has 25 heavy (non-hydrogen) atoms. The lowest BCUT2D eigenvalue weighted by Crippen LogP contribution is -2.38. The molecule has 0 bridgehead atoms. The zero-order valence-electron chi connectivity index (χ0n) is 14.4. The second-order valence-corrected chi connectivity index (χ2v) is 7.15. The summed E-state index contributed by atoms with van der Waals surface area (Å²) in [5.41, 5.74) is 3.10. The number of benzene rings is 2. The van der Waals surface area contributed by atoms with Crippen LogP contribution in [0, 0.1) is 5.92 Å². The van der Waals surface area contributed by atoms with Gasteiger partial charge in [-0.25, -0.2) is 0 Å². The monoisotopic (exact) mass is 332 g/mol. The maximum Gasteiger partial charge on any atom is 0.267 e. The Kier molecular flexibility index (Phi) is 4.55. The summed E-state index contributed by atoms with van der Waals surface area (Å²) < 4.78 is 0. The minimum Gasteiger partial charge on any atom is -0.351 e. The van der Waals surface area contributed by atoms with Crippen molar-refractivity contribution in [3.63, 3.8) is 0 Å². The fourth-order valence-corrected chi connectivity index (χ4v) is 3.92. The highest BCUT2D eigenvalue weighted by Gasteiger charge is 2.23. The summed E-state index contributed by atoms with van der Waals surface area (Å²) in [6.07, 6.45) is 5.68. The van der Waals surface area contributed by atoms with E-state index in [-0.39, 0.29) is 5.91 Å². The SMILES string of the molecule is O=C(NC1CCC(Cc2ccccc2)CC1)c1cc2ccccc2[nH]1. The van der Waals surface area contributed by atoms with Gasteiger partial charge in [-0.3, -0.25) is 4.79 Å². The highest BCUT2D eigenvalue weighted by molar-refractivity contribution is 5.98. The molecule has 1 amide bonds. The molecular weight excluding hydrogens is 308 g/mol. The van der Waals surface area contributed by atoms with Gasteiger partial charge in [-0.15, -0.1) is 0 Å². The molecule has 0 atom stereocenters. The fraction of sp³-hybridized carbons (Fsp3) is 0.318. The van der Waals surface area contributed by atoms with Crippen LogP contribution in [0.5, 0.6) is 0 Å². The Labute approximate surface area is 148 Å². The van der Waals surface area contributed by atoms with Crippen LogP contribution in [0.15, 0.2) is 60.7 Å². The van der Waals surface area contributed by atoms with Gasteiger partial charge in [-0.2, -0.15) is 0 Å². The largest absolute Gasteiger partial charge is 0.351 e. The van der Waals surface area contributed by atoms with Crippen LogP contribution in [-0.2, 0) is 6.42 Å². The lowest BCUT2D eigenvalue weighted by Gasteiger charge is -2.29. The van der Waals surface area contributed by atoms with E-state index in [2.05, 4.69) is 40.6 Å². The molecule has 128 valence electrons. The smallest absolute Gasteiger partial charge is 0.267 e. The molecule has 0 unspecified atom stereocenters. The van der Waals surface area contributed by atoms with Crippen molar-refractivity contribution in [3.8, 4) is 0 Å². The van der Waals surface area contributed by atoms with Crippen LogP contribution in [-0.4, -0.2) is 16.9 Å². The number of carbonyl (C=O) groups excluding carboxylic acids is 1. The molecule has 4 rings (SSSR count). The number of para-hydroxylation sites is 1. The first kappa shape index (κ1) is 15.9. The summed E-state index contributed by atoms with van der Waals surface area (Å²) in [5, 5.41) is 4.29. The Hall–Kier alpha value is -2.55. The number of rotatable bonds is 4. The molecule has 3 heteroatoms. The summed E-state index contributed by atoms with van der Waals surface area (Å²) in [6.45, 7) is 0. The third-order valence-corrected chi connectivity index (χ3v) is 5.32. The van der Waals surface area contributed by atoms with Gasteiger partial charge >= 0.3 is 0 Å². The summed E-state index contributed by atoms with van der Waals surface area (Å²) in [5.74, 6) is 0.756. The van der Waals surface area contributed by atoms with Crippen molar-refractivity contribution >= 4 is 16.8 Å². The summed E-state index contributed by atoms with van der Waals surface area (Å²) in [7, 11) is 0. The number of amides is 1. The van der Waals surface area contributed by atoms with Crippen molar-refractivity contribution in [2.24, 2.45) is 5.92 Å². The highest BCUT2D eigenvalue weighted by atomic mass is 16.1. The molecule has 0 radical (unpaired) electrons. The van der Waals surface area contributed by atoms with E-state index in [4.69, 9.17) is 0 Å². The number of hydrogen-bond donors (Lipinski definition) is 2. The first-order valence-corrected chi connectivity index (χ1v) is 9.20. The normalized spacial score (nSPS) is 20.5. The van der Waals surface area contributed by atoms with E-state index in [0.29, 0.717) is 11.7 Å². The van der Waals surface area contributed by atoms with Gasteiger partial charge in [0, 0.05) is 16.9 Å². The topological polar surface area (TPSA) is 44.9 Å². The predicted molar refractivity (Wildman–Crippen MR) is 102 cm³/mol. The summed E-state index contributed by atoms with van der Waals surface area (Å²) in [6, 6.07) is 21.0. The van der Waals surface area contributed by atoms with Gasteiger partial charge in [0.2, 0.25) is 0 Å². The standard InChI is InChI=1S/C22H24N2O/c25-22(21-15-18-8-4-5-9-20(18)24-21)23-19-12-10-17(11-13-19)14-16-6-2-1-3-7-16/h1-9,15,17,19,24H,10-14H2,(H,23,25). The number of nitrogens with one attached hydrogen (secondary N) is 2. The Morgan fingerprint density at radius 1 is 0.960 bits per heavy atom. The van der Waals surface area contributed by atoms with E-state index in [1.54, 1.807) is 0 Å². The van der Waals surface area contributed by atoms with Crippen LogP contribution in [0.3, 0.4) is 0 Å². The molecule has 3 nitrogen and oxygen atoms in total. The molecule has 3 aromatic rings. The highest BCUT2D eigenvalue weighted by Crippen LogP contribution is 2.27. The Balaban J connectivity index is 1.31. The molecule has 1 heterocycles. The summed E-state index contributed by atoms with van der Waals surface area (Å²) in [4.78, 5) is 15.7. The predicted octanol–water partition coefficient (Wildman–Crippen LogP) is 4.70. The van der Waals surface area contributed by atoms with Crippen molar-refractivity contribution in [2.45, 2.75) is 38.1 Å². The average Bonchev–Trinajstić information content (AvgIpc) is 3.09. The van der Waals surface area contributed by atoms with Gasteiger partial charge in [-0.1, -0.05) is 48.5 Å². The van der Waals surface area contributed by atoms with E-state index in [1.807, 2.05) is 30.3 Å². The maximum absolute atomic E-state index is 12.5. The Bertz CT molecular complexity index is 812. The third kappa shape index (κ3) is 3.76. The molecule has 2 aromatic carbocycles. The average molecular weight is 332 g/mol. The summed E-state index contributed by atoms with van der Waals surface area (Å²) >= 11 is 0. The second-order valence-electron chi connectivity index (χ2n) is 7.15. The van der Waals surface area contributed by atoms with Gasteiger partial charge in [0.05, 0.1) is 0 Å². The van der Waals surface area contributed by atoms with Crippen molar-refractivity contribution in [1.82, 2.24) is 10.3 Å². The molecule has 1 aliphatic carbocycles. The van der Waals surface area contributed by atoms with Crippen LogP contribution in [0.4, 0.5) is 0 Å². The Morgan fingerprint density at radius 3 is 2.44 bits per heavy atom. The van der Waals surface area contributed by atoms with Crippen molar-refractivity contribution in [1.29, 1.82) is 0 Å². The molecule has 1 saturated carbocycles. The van der Waals surface area contributed by atoms with Crippen LogP contribution in [0.25, 0.3) is 10.9 Å². The van der Waals surface area contributed by atoms with Crippen LogP contribution in [0.2, 0.25) is 0 Å². The fourth-order valence-electron chi connectivity index (χ4n) is 3.92.